The van der Waals surface area contributed by atoms with Crippen molar-refractivity contribution < 1.29 is 4.79 Å². The first-order valence-electron chi connectivity index (χ1n) is 10.2. The van der Waals surface area contributed by atoms with E-state index in [0.717, 1.165) is 50.8 Å². The molecule has 7 nitrogen and oxygen atoms in total. The van der Waals surface area contributed by atoms with E-state index in [2.05, 4.69) is 41.0 Å². The lowest BCUT2D eigenvalue weighted by Gasteiger charge is -2.34. The van der Waals surface area contributed by atoms with Crippen molar-refractivity contribution in [1.29, 1.82) is 0 Å². The molecule has 0 aliphatic carbocycles. The fraction of sp³-hybridized carbons (Fsp3) is 0.750. The number of imidazole rings is 1. The predicted molar refractivity (Wildman–Crippen MR) is 109 cm³/mol. The predicted octanol–water partition coefficient (Wildman–Crippen LogP) is 2.24. The van der Waals surface area contributed by atoms with Crippen LogP contribution in [0.4, 0.5) is 0 Å². The van der Waals surface area contributed by atoms with Gasteiger partial charge < -0.3 is 20.1 Å². The van der Waals surface area contributed by atoms with Gasteiger partial charge in [-0.3, -0.25) is 4.79 Å². The largest absolute Gasteiger partial charge is 0.357 e. The summed E-state index contributed by atoms with van der Waals surface area (Å²) in [5.41, 5.74) is 0. The molecule has 0 aromatic carbocycles. The van der Waals surface area contributed by atoms with Crippen molar-refractivity contribution in [3.63, 3.8) is 0 Å². The van der Waals surface area contributed by atoms with Crippen LogP contribution in [0.3, 0.4) is 0 Å². The minimum atomic E-state index is 0.0722. The lowest BCUT2D eigenvalue weighted by atomic mass is 10.0. The average Bonchev–Trinajstić information content (AvgIpc) is 3.06. The van der Waals surface area contributed by atoms with Gasteiger partial charge in [-0.1, -0.05) is 27.7 Å². The fourth-order valence-corrected chi connectivity index (χ4v) is 3.32. The molecule has 1 fully saturated rings. The Hall–Kier alpha value is -2.05. The van der Waals surface area contributed by atoms with Crippen molar-refractivity contribution >= 4 is 11.9 Å². The van der Waals surface area contributed by atoms with Crippen molar-refractivity contribution in [2.75, 3.05) is 19.6 Å². The Kier molecular flexibility index (Phi) is 8.13. The number of aromatic nitrogens is 2. The third kappa shape index (κ3) is 6.56. The number of carbonyl (C=O) groups excluding carboxylic acids is 1. The van der Waals surface area contributed by atoms with Gasteiger partial charge in [0.2, 0.25) is 5.91 Å². The molecule has 0 atom stereocenters. The first kappa shape index (κ1) is 21.3. The minimum Gasteiger partial charge on any atom is -0.357 e. The zero-order valence-electron chi connectivity index (χ0n) is 17.5. The quantitative estimate of drug-likeness (QED) is 0.565. The molecular weight excluding hydrogens is 340 g/mol. The normalized spacial score (nSPS) is 16.3. The molecule has 0 saturated carbocycles. The van der Waals surface area contributed by atoms with E-state index in [4.69, 9.17) is 4.99 Å². The number of piperidine rings is 1. The molecule has 0 bridgehead atoms. The lowest BCUT2D eigenvalue weighted by molar-refractivity contribution is -0.135. The van der Waals surface area contributed by atoms with Gasteiger partial charge in [-0.2, -0.15) is 0 Å². The molecule has 1 aromatic heterocycles. The summed E-state index contributed by atoms with van der Waals surface area (Å²) in [6, 6.07) is 0.342. The number of likely N-dealkylation sites (tertiary alicyclic amines) is 1. The van der Waals surface area contributed by atoms with E-state index in [-0.39, 0.29) is 11.8 Å². The number of hydrogen-bond donors (Lipinski definition) is 2. The molecule has 1 amide bonds. The fourth-order valence-electron chi connectivity index (χ4n) is 3.32. The van der Waals surface area contributed by atoms with Gasteiger partial charge in [-0.15, -0.1) is 0 Å². The Morgan fingerprint density at radius 2 is 2.00 bits per heavy atom. The van der Waals surface area contributed by atoms with Crippen LogP contribution in [0.2, 0.25) is 0 Å². The van der Waals surface area contributed by atoms with E-state index in [0.29, 0.717) is 18.5 Å². The monoisotopic (exact) mass is 376 g/mol. The second-order valence-corrected chi connectivity index (χ2v) is 7.98. The van der Waals surface area contributed by atoms with Crippen LogP contribution in [0.15, 0.2) is 17.4 Å². The van der Waals surface area contributed by atoms with Gasteiger partial charge in [0.15, 0.2) is 5.96 Å². The number of rotatable bonds is 7. The topological polar surface area (TPSA) is 74.6 Å². The average molecular weight is 377 g/mol. The summed E-state index contributed by atoms with van der Waals surface area (Å²) < 4.78 is 2.17. The molecule has 1 saturated heterocycles. The number of nitrogens with one attached hydrogen (secondary N) is 2. The second-order valence-electron chi connectivity index (χ2n) is 7.98. The zero-order chi connectivity index (χ0) is 19.8. The number of hydrogen-bond acceptors (Lipinski definition) is 3. The third-order valence-electron chi connectivity index (χ3n) is 4.73. The summed E-state index contributed by atoms with van der Waals surface area (Å²) in [5.74, 6) is 2.71. The molecule has 2 heterocycles. The Labute approximate surface area is 163 Å². The summed E-state index contributed by atoms with van der Waals surface area (Å²) in [4.78, 5) is 23.3. The molecule has 0 radical (unpaired) electrons. The van der Waals surface area contributed by atoms with Gasteiger partial charge >= 0.3 is 0 Å². The van der Waals surface area contributed by atoms with Crippen LogP contribution in [0, 0.1) is 11.8 Å². The van der Waals surface area contributed by atoms with Gasteiger partial charge in [0.25, 0.3) is 0 Å². The molecular formula is C20H36N6O. The molecule has 1 aliphatic rings. The van der Waals surface area contributed by atoms with E-state index in [1.54, 1.807) is 0 Å². The molecule has 7 heteroatoms. The van der Waals surface area contributed by atoms with Crippen molar-refractivity contribution in [2.24, 2.45) is 16.8 Å². The molecule has 1 aromatic rings. The maximum absolute atomic E-state index is 12.1. The van der Waals surface area contributed by atoms with Crippen LogP contribution in [0.25, 0.3) is 0 Å². The van der Waals surface area contributed by atoms with E-state index in [9.17, 15) is 4.79 Å². The van der Waals surface area contributed by atoms with Crippen LogP contribution >= 0.6 is 0 Å². The Morgan fingerprint density at radius 1 is 1.30 bits per heavy atom. The van der Waals surface area contributed by atoms with E-state index >= 15 is 0 Å². The van der Waals surface area contributed by atoms with Crippen molar-refractivity contribution in [1.82, 2.24) is 25.1 Å². The lowest BCUT2D eigenvalue weighted by Crippen LogP contribution is -2.50. The SMILES string of the molecule is CCNC(=NCc1nccn1CC(C)C)NC1CCN(C(=O)C(C)C)CC1. The second kappa shape index (κ2) is 10.3. The van der Waals surface area contributed by atoms with Crippen LogP contribution in [-0.4, -0.2) is 52.0 Å². The summed E-state index contributed by atoms with van der Waals surface area (Å²) in [5, 5.41) is 6.86. The molecule has 27 heavy (non-hydrogen) atoms. The number of aliphatic imine (C=N–C) groups is 1. The Balaban J connectivity index is 1.91. The minimum absolute atomic E-state index is 0.0722. The molecule has 0 spiro atoms. The number of amides is 1. The van der Waals surface area contributed by atoms with E-state index in [1.807, 2.05) is 31.1 Å². The standard InChI is InChI=1S/C20H36N6O/c1-6-21-20(23-13-18-22-9-12-26(18)14-15(2)3)24-17-7-10-25(11-8-17)19(27)16(4)5/h9,12,15-17H,6-8,10-11,13-14H2,1-5H3,(H2,21,23,24). The molecule has 2 N–H and O–H groups in total. The van der Waals surface area contributed by atoms with Gasteiger partial charge in [0.05, 0.1) is 0 Å². The third-order valence-corrected chi connectivity index (χ3v) is 4.73. The first-order valence-corrected chi connectivity index (χ1v) is 10.2. The van der Waals surface area contributed by atoms with Crippen molar-refractivity contribution in [2.45, 2.75) is 66.6 Å². The smallest absolute Gasteiger partial charge is 0.225 e. The zero-order valence-corrected chi connectivity index (χ0v) is 17.5. The molecule has 152 valence electrons. The highest BCUT2D eigenvalue weighted by atomic mass is 16.2. The van der Waals surface area contributed by atoms with Crippen LogP contribution in [0.5, 0.6) is 0 Å². The van der Waals surface area contributed by atoms with E-state index < -0.39 is 0 Å². The molecule has 0 unspecified atom stereocenters. The van der Waals surface area contributed by atoms with Crippen molar-refractivity contribution in [3.8, 4) is 0 Å². The first-order chi connectivity index (χ1) is 12.9. The Bertz CT molecular complexity index is 614. The highest BCUT2D eigenvalue weighted by molar-refractivity contribution is 5.80. The highest BCUT2D eigenvalue weighted by Crippen LogP contribution is 2.13. The highest BCUT2D eigenvalue weighted by Gasteiger charge is 2.24. The van der Waals surface area contributed by atoms with Gasteiger partial charge in [-0.05, 0) is 25.7 Å². The van der Waals surface area contributed by atoms with Gasteiger partial charge in [0.1, 0.15) is 12.4 Å². The van der Waals surface area contributed by atoms with Crippen LogP contribution in [0.1, 0.15) is 53.3 Å². The summed E-state index contributed by atoms with van der Waals surface area (Å²) in [7, 11) is 0. The van der Waals surface area contributed by atoms with E-state index in [1.165, 1.54) is 0 Å². The maximum atomic E-state index is 12.1. The number of guanidine groups is 1. The Morgan fingerprint density at radius 3 is 2.59 bits per heavy atom. The number of nitrogens with zero attached hydrogens (tertiary/aromatic N) is 4. The maximum Gasteiger partial charge on any atom is 0.225 e. The molecule has 1 aliphatic heterocycles. The molecule has 2 rings (SSSR count). The van der Waals surface area contributed by atoms with Crippen LogP contribution < -0.4 is 10.6 Å². The van der Waals surface area contributed by atoms with Gasteiger partial charge in [-0.25, -0.2) is 9.98 Å². The van der Waals surface area contributed by atoms with Gasteiger partial charge in [0, 0.05) is 50.5 Å². The van der Waals surface area contributed by atoms with Crippen molar-refractivity contribution in [3.05, 3.63) is 18.2 Å². The van der Waals surface area contributed by atoms with Crippen LogP contribution in [-0.2, 0) is 17.9 Å². The summed E-state index contributed by atoms with van der Waals surface area (Å²) in [6.07, 6.45) is 5.76. The summed E-state index contributed by atoms with van der Waals surface area (Å²) >= 11 is 0. The number of carbonyl (C=O) groups is 1. The summed E-state index contributed by atoms with van der Waals surface area (Å²) in [6.45, 7) is 14.4.